The third kappa shape index (κ3) is 4.30. The van der Waals surface area contributed by atoms with Crippen LogP contribution in [0.4, 0.5) is 10.2 Å². The zero-order valence-corrected chi connectivity index (χ0v) is 12.5. The van der Waals surface area contributed by atoms with E-state index in [-0.39, 0.29) is 17.2 Å². The lowest BCUT2D eigenvalue weighted by Gasteiger charge is -2.10. The number of nitrogens with two attached hydrogens (primary N) is 1. The third-order valence-corrected chi connectivity index (χ3v) is 3.74. The van der Waals surface area contributed by atoms with Gasteiger partial charge in [-0.15, -0.1) is 0 Å². The molecule has 1 heterocycles. The van der Waals surface area contributed by atoms with Crippen molar-refractivity contribution in [2.24, 2.45) is 0 Å². The van der Waals surface area contributed by atoms with Gasteiger partial charge in [0.05, 0.1) is 0 Å². The molecule has 0 unspecified atom stereocenters. The number of nitrogens with zero attached hydrogens (tertiary/aromatic N) is 1. The van der Waals surface area contributed by atoms with E-state index in [1.54, 1.807) is 12.1 Å². The van der Waals surface area contributed by atoms with Gasteiger partial charge in [-0.1, -0.05) is 24.8 Å². The Kier molecular flexibility index (Phi) is 5.35. The first-order valence-corrected chi connectivity index (χ1v) is 7.44. The van der Waals surface area contributed by atoms with Crippen molar-refractivity contribution < 1.29 is 4.39 Å². The monoisotopic (exact) mass is 308 g/mol. The van der Waals surface area contributed by atoms with Crippen molar-refractivity contribution in [1.29, 1.82) is 0 Å². The molecular formula is C14H17FN4OS. The molecule has 2 rings (SSSR count). The molecule has 0 atom stereocenters. The van der Waals surface area contributed by atoms with Gasteiger partial charge in [-0.2, -0.15) is 0 Å². The summed E-state index contributed by atoms with van der Waals surface area (Å²) >= 11 is 1.19. The van der Waals surface area contributed by atoms with Gasteiger partial charge in [0, 0.05) is 23.1 Å². The van der Waals surface area contributed by atoms with Crippen molar-refractivity contribution in [2.45, 2.75) is 29.9 Å². The van der Waals surface area contributed by atoms with E-state index in [9.17, 15) is 9.18 Å². The Labute approximate surface area is 126 Å². The number of hydrogen-bond acceptors (Lipinski definition) is 5. The van der Waals surface area contributed by atoms with Crippen molar-refractivity contribution in [3.63, 3.8) is 0 Å². The Morgan fingerprint density at radius 1 is 1.48 bits per heavy atom. The minimum atomic E-state index is -0.327. The normalized spacial score (nSPS) is 10.8. The molecule has 112 valence electrons. The fourth-order valence-corrected chi connectivity index (χ4v) is 2.75. The van der Waals surface area contributed by atoms with Crippen LogP contribution in [-0.2, 0) is 6.54 Å². The molecule has 1 aromatic carbocycles. The number of anilines is 1. The van der Waals surface area contributed by atoms with Crippen LogP contribution in [0, 0.1) is 5.82 Å². The van der Waals surface area contributed by atoms with Crippen LogP contribution in [0.15, 0.2) is 39.1 Å². The number of hydrogen-bond donors (Lipinski definition) is 3. The molecule has 0 amide bonds. The molecule has 0 bridgehead atoms. The molecular weight excluding hydrogens is 291 g/mol. The lowest BCUT2D eigenvalue weighted by atomic mass is 10.2. The van der Waals surface area contributed by atoms with E-state index >= 15 is 0 Å². The number of nitrogen functional groups attached to an aromatic ring is 1. The van der Waals surface area contributed by atoms with Crippen LogP contribution in [0.1, 0.15) is 18.9 Å². The first kappa shape index (κ1) is 15.5. The fourth-order valence-electron chi connectivity index (χ4n) is 1.80. The van der Waals surface area contributed by atoms with Gasteiger partial charge >= 0.3 is 0 Å². The second kappa shape index (κ2) is 7.24. The average Bonchev–Trinajstić information content (AvgIpc) is 2.41. The lowest BCUT2D eigenvalue weighted by Crippen LogP contribution is -2.15. The molecule has 0 spiro atoms. The van der Waals surface area contributed by atoms with Crippen LogP contribution in [0.25, 0.3) is 0 Å². The predicted molar refractivity (Wildman–Crippen MR) is 81.8 cm³/mol. The molecule has 0 radical (unpaired) electrons. The summed E-state index contributed by atoms with van der Waals surface area (Å²) in [6, 6.07) is 6.05. The predicted octanol–water partition coefficient (Wildman–Crippen LogP) is 2.14. The van der Waals surface area contributed by atoms with Crippen molar-refractivity contribution in [2.75, 3.05) is 12.3 Å². The zero-order chi connectivity index (χ0) is 15.2. The van der Waals surface area contributed by atoms with Gasteiger partial charge in [0.1, 0.15) is 11.6 Å². The van der Waals surface area contributed by atoms with Crippen LogP contribution in [0.5, 0.6) is 0 Å². The standard InChI is InChI=1S/C14H17FN4OS/c1-2-6-17-8-9-10(15)4-3-5-11(9)21-14-18-12(16)7-13(20)19-14/h3-5,7,17H,2,6,8H2,1H3,(H3,16,18,19,20). The van der Waals surface area contributed by atoms with E-state index in [0.29, 0.717) is 22.2 Å². The molecule has 0 saturated heterocycles. The van der Waals surface area contributed by atoms with E-state index in [2.05, 4.69) is 15.3 Å². The van der Waals surface area contributed by atoms with E-state index in [0.717, 1.165) is 13.0 Å². The van der Waals surface area contributed by atoms with Gasteiger partial charge in [-0.05, 0) is 25.1 Å². The molecule has 0 aliphatic heterocycles. The van der Waals surface area contributed by atoms with E-state index < -0.39 is 0 Å². The van der Waals surface area contributed by atoms with Crippen molar-refractivity contribution in [3.8, 4) is 0 Å². The number of nitrogens with one attached hydrogen (secondary N) is 2. The molecule has 0 aliphatic carbocycles. The van der Waals surface area contributed by atoms with Crippen LogP contribution in [-0.4, -0.2) is 16.5 Å². The minimum absolute atomic E-state index is 0.142. The first-order chi connectivity index (χ1) is 10.1. The van der Waals surface area contributed by atoms with Crippen LogP contribution in [0.2, 0.25) is 0 Å². The van der Waals surface area contributed by atoms with Gasteiger partial charge in [0.25, 0.3) is 5.56 Å². The summed E-state index contributed by atoms with van der Waals surface area (Å²) in [5.74, 6) is -0.141. The highest BCUT2D eigenvalue weighted by Gasteiger charge is 2.11. The smallest absolute Gasteiger partial charge is 0.253 e. The number of aromatic amines is 1. The van der Waals surface area contributed by atoms with Crippen molar-refractivity contribution in [1.82, 2.24) is 15.3 Å². The molecule has 21 heavy (non-hydrogen) atoms. The van der Waals surface area contributed by atoms with Crippen LogP contribution >= 0.6 is 11.8 Å². The highest BCUT2D eigenvalue weighted by molar-refractivity contribution is 7.99. The minimum Gasteiger partial charge on any atom is -0.383 e. The quantitative estimate of drug-likeness (QED) is 0.562. The highest BCUT2D eigenvalue weighted by atomic mass is 32.2. The Morgan fingerprint density at radius 2 is 2.29 bits per heavy atom. The zero-order valence-electron chi connectivity index (χ0n) is 11.6. The van der Waals surface area contributed by atoms with Gasteiger partial charge in [0.15, 0.2) is 5.16 Å². The second-order valence-electron chi connectivity index (χ2n) is 4.47. The summed E-state index contributed by atoms with van der Waals surface area (Å²) in [6.07, 6.45) is 0.973. The summed E-state index contributed by atoms with van der Waals surface area (Å²) in [5, 5.41) is 3.52. The number of benzene rings is 1. The summed E-state index contributed by atoms with van der Waals surface area (Å²) in [7, 11) is 0. The Hall–Kier alpha value is -1.86. The maximum absolute atomic E-state index is 14.0. The molecule has 0 fully saturated rings. The lowest BCUT2D eigenvalue weighted by molar-refractivity contribution is 0.578. The molecule has 1 aromatic heterocycles. The van der Waals surface area contributed by atoms with E-state index in [4.69, 9.17) is 5.73 Å². The van der Waals surface area contributed by atoms with Gasteiger partial charge in [-0.3, -0.25) is 4.79 Å². The number of aromatic nitrogens is 2. The Balaban J connectivity index is 2.26. The SMILES string of the molecule is CCCNCc1c(F)cccc1Sc1nc(N)cc(=O)[nH]1. The molecule has 0 saturated carbocycles. The molecule has 5 nitrogen and oxygen atoms in total. The summed E-state index contributed by atoms with van der Waals surface area (Å²) in [6.45, 7) is 3.28. The summed E-state index contributed by atoms with van der Waals surface area (Å²) in [4.78, 5) is 18.7. The Bertz CT molecular complexity index is 674. The average molecular weight is 308 g/mol. The highest BCUT2D eigenvalue weighted by Crippen LogP contribution is 2.29. The van der Waals surface area contributed by atoms with Gasteiger partial charge in [-0.25, -0.2) is 9.37 Å². The van der Waals surface area contributed by atoms with Crippen LogP contribution < -0.4 is 16.6 Å². The Morgan fingerprint density at radius 3 is 3.00 bits per heavy atom. The molecule has 7 heteroatoms. The third-order valence-electron chi connectivity index (χ3n) is 2.75. The molecule has 0 aliphatic rings. The van der Waals surface area contributed by atoms with Crippen LogP contribution in [0.3, 0.4) is 0 Å². The largest absolute Gasteiger partial charge is 0.383 e. The number of H-pyrrole nitrogens is 1. The number of rotatable bonds is 6. The van der Waals surface area contributed by atoms with Crippen molar-refractivity contribution >= 4 is 17.6 Å². The van der Waals surface area contributed by atoms with Crippen molar-refractivity contribution in [3.05, 3.63) is 46.0 Å². The summed E-state index contributed by atoms with van der Waals surface area (Å²) in [5.41, 5.74) is 5.78. The molecule has 4 N–H and O–H groups in total. The van der Waals surface area contributed by atoms with Gasteiger partial charge in [0.2, 0.25) is 0 Å². The maximum Gasteiger partial charge on any atom is 0.253 e. The summed E-state index contributed by atoms with van der Waals surface area (Å²) < 4.78 is 14.0. The van der Waals surface area contributed by atoms with E-state index in [1.165, 1.54) is 23.9 Å². The van der Waals surface area contributed by atoms with E-state index in [1.807, 2.05) is 6.92 Å². The topological polar surface area (TPSA) is 83.8 Å². The first-order valence-electron chi connectivity index (χ1n) is 6.63. The second-order valence-corrected chi connectivity index (χ2v) is 5.50. The fraction of sp³-hybridized carbons (Fsp3) is 0.286. The molecule has 2 aromatic rings. The van der Waals surface area contributed by atoms with Gasteiger partial charge < -0.3 is 16.0 Å². The number of halogens is 1. The maximum atomic E-state index is 14.0.